The molecular weight excluding hydrogens is 206 g/mol. The quantitative estimate of drug-likeness (QED) is 0.568. The molecule has 0 spiro atoms. The number of nitrogens with one attached hydrogen (secondary N) is 1. The highest BCUT2D eigenvalue weighted by Crippen LogP contribution is 2.14. The van der Waals surface area contributed by atoms with Gasteiger partial charge in [-0.25, -0.2) is 9.97 Å². The van der Waals surface area contributed by atoms with Gasteiger partial charge >= 0.3 is 0 Å². The van der Waals surface area contributed by atoms with E-state index in [0.717, 1.165) is 24.7 Å². The van der Waals surface area contributed by atoms with E-state index in [1.54, 1.807) is 11.8 Å². The maximum Gasteiger partial charge on any atom is 0.187 e. The van der Waals surface area contributed by atoms with Crippen LogP contribution in [0.25, 0.3) is 0 Å². The van der Waals surface area contributed by atoms with E-state index in [-0.39, 0.29) is 12.4 Å². The first-order chi connectivity index (χ1) is 5.90. The van der Waals surface area contributed by atoms with E-state index in [2.05, 4.69) is 15.3 Å². The summed E-state index contributed by atoms with van der Waals surface area (Å²) in [5.41, 5.74) is 2.46. The first kappa shape index (κ1) is 10.8. The number of hydrogen-bond donors (Lipinski definition) is 1. The average molecular weight is 218 g/mol. The Labute approximate surface area is 88.2 Å². The summed E-state index contributed by atoms with van der Waals surface area (Å²) in [6.45, 7) is 1.96. The van der Waals surface area contributed by atoms with Gasteiger partial charge in [0.05, 0.1) is 5.69 Å². The Kier molecular flexibility index (Phi) is 3.96. The number of rotatable bonds is 1. The molecule has 1 aliphatic rings. The van der Waals surface area contributed by atoms with E-state index >= 15 is 0 Å². The van der Waals surface area contributed by atoms with Crippen LogP contribution in [-0.4, -0.2) is 22.8 Å². The van der Waals surface area contributed by atoms with E-state index in [4.69, 9.17) is 0 Å². The number of aromatic nitrogens is 2. The number of thioether (sulfide) groups is 1. The molecule has 0 saturated heterocycles. The largest absolute Gasteiger partial charge is 0.312 e. The molecule has 1 N–H and O–H groups in total. The number of fused-ring (bicyclic) bond motifs is 1. The van der Waals surface area contributed by atoms with Gasteiger partial charge in [-0.1, -0.05) is 11.8 Å². The summed E-state index contributed by atoms with van der Waals surface area (Å²) >= 11 is 1.60. The topological polar surface area (TPSA) is 37.8 Å². The minimum Gasteiger partial charge on any atom is -0.312 e. The SMILES string of the molecule is CSc1ncc2c(n1)CCNC2.Cl. The molecule has 1 aromatic rings. The second-order valence-electron chi connectivity index (χ2n) is 2.76. The van der Waals surface area contributed by atoms with Crippen molar-refractivity contribution in [1.29, 1.82) is 0 Å². The smallest absolute Gasteiger partial charge is 0.187 e. The van der Waals surface area contributed by atoms with E-state index < -0.39 is 0 Å². The molecule has 0 aromatic carbocycles. The van der Waals surface area contributed by atoms with Gasteiger partial charge < -0.3 is 5.32 Å². The predicted molar refractivity (Wildman–Crippen MR) is 56.5 cm³/mol. The van der Waals surface area contributed by atoms with Crippen LogP contribution in [0.15, 0.2) is 11.4 Å². The third kappa shape index (κ3) is 2.33. The van der Waals surface area contributed by atoms with Gasteiger partial charge in [-0.05, 0) is 6.26 Å². The summed E-state index contributed by atoms with van der Waals surface area (Å²) in [4.78, 5) is 8.67. The predicted octanol–water partition coefficient (Wildman–Crippen LogP) is 1.27. The minimum absolute atomic E-state index is 0. The highest BCUT2D eigenvalue weighted by molar-refractivity contribution is 7.98. The first-order valence-corrected chi connectivity index (χ1v) is 5.22. The summed E-state index contributed by atoms with van der Waals surface area (Å²) in [7, 11) is 0. The Morgan fingerprint density at radius 1 is 1.54 bits per heavy atom. The average Bonchev–Trinajstić information content (AvgIpc) is 2.17. The van der Waals surface area contributed by atoms with Crippen molar-refractivity contribution in [1.82, 2.24) is 15.3 Å². The second kappa shape index (κ2) is 4.79. The molecule has 1 aliphatic heterocycles. The van der Waals surface area contributed by atoms with Gasteiger partial charge in [0.2, 0.25) is 0 Å². The molecule has 5 heteroatoms. The van der Waals surface area contributed by atoms with Gasteiger partial charge in [-0.3, -0.25) is 0 Å². The lowest BCUT2D eigenvalue weighted by atomic mass is 10.1. The molecule has 0 fully saturated rings. The fraction of sp³-hybridized carbons (Fsp3) is 0.500. The molecular formula is C8H12ClN3S. The van der Waals surface area contributed by atoms with Gasteiger partial charge in [0.1, 0.15) is 0 Å². The fourth-order valence-corrected chi connectivity index (χ4v) is 1.68. The highest BCUT2D eigenvalue weighted by Gasteiger charge is 2.10. The third-order valence-electron chi connectivity index (χ3n) is 1.97. The van der Waals surface area contributed by atoms with Gasteiger partial charge in [0, 0.05) is 31.3 Å². The molecule has 0 unspecified atom stereocenters. The van der Waals surface area contributed by atoms with Crippen LogP contribution in [0, 0.1) is 0 Å². The third-order valence-corrected chi connectivity index (χ3v) is 2.53. The van der Waals surface area contributed by atoms with Crippen LogP contribution < -0.4 is 5.32 Å². The molecule has 72 valence electrons. The van der Waals surface area contributed by atoms with Gasteiger partial charge in [-0.2, -0.15) is 0 Å². The van der Waals surface area contributed by atoms with Crippen LogP contribution >= 0.6 is 24.2 Å². The van der Waals surface area contributed by atoms with Crippen molar-refractivity contribution in [2.75, 3.05) is 12.8 Å². The maximum absolute atomic E-state index is 4.44. The lowest BCUT2D eigenvalue weighted by Crippen LogP contribution is -2.24. The molecule has 0 saturated carbocycles. The molecule has 1 aromatic heterocycles. The summed E-state index contributed by atoms with van der Waals surface area (Å²) in [6, 6.07) is 0. The van der Waals surface area contributed by atoms with Crippen molar-refractivity contribution in [3.8, 4) is 0 Å². The Hall–Kier alpha value is -0.320. The molecule has 0 amide bonds. The van der Waals surface area contributed by atoms with Crippen molar-refractivity contribution in [3.63, 3.8) is 0 Å². The van der Waals surface area contributed by atoms with E-state index in [1.807, 2.05) is 12.5 Å². The van der Waals surface area contributed by atoms with Crippen LogP contribution in [0.5, 0.6) is 0 Å². The van der Waals surface area contributed by atoms with Crippen LogP contribution in [-0.2, 0) is 13.0 Å². The van der Waals surface area contributed by atoms with Crippen molar-refractivity contribution >= 4 is 24.2 Å². The van der Waals surface area contributed by atoms with Crippen molar-refractivity contribution in [2.24, 2.45) is 0 Å². The van der Waals surface area contributed by atoms with Gasteiger partial charge in [0.15, 0.2) is 5.16 Å². The minimum atomic E-state index is 0. The van der Waals surface area contributed by atoms with Crippen molar-refractivity contribution in [2.45, 2.75) is 18.1 Å². The summed E-state index contributed by atoms with van der Waals surface area (Å²) < 4.78 is 0. The summed E-state index contributed by atoms with van der Waals surface area (Å²) in [5.74, 6) is 0. The van der Waals surface area contributed by atoms with Crippen LogP contribution in [0.3, 0.4) is 0 Å². The standard InChI is InChI=1S/C8H11N3S.ClH/c1-12-8-10-5-6-4-9-3-2-7(6)11-8;/h5,9H,2-4H2,1H3;1H. The lowest BCUT2D eigenvalue weighted by Gasteiger charge is -2.15. The molecule has 2 rings (SSSR count). The fourth-order valence-electron chi connectivity index (χ4n) is 1.32. The molecule has 0 atom stereocenters. The molecule has 0 aliphatic carbocycles. The Morgan fingerprint density at radius 3 is 3.15 bits per heavy atom. The van der Waals surface area contributed by atoms with Crippen LogP contribution in [0.1, 0.15) is 11.3 Å². The lowest BCUT2D eigenvalue weighted by molar-refractivity contribution is 0.616. The number of halogens is 1. The first-order valence-electron chi connectivity index (χ1n) is 3.99. The zero-order chi connectivity index (χ0) is 8.39. The monoisotopic (exact) mass is 217 g/mol. The van der Waals surface area contributed by atoms with Gasteiger partial charge in [-0.15, -0.1) is 12.4 Å². The molecule has 0 bridgehead atoms. The van der Waals surface area contributed by atoms with E-state index in [9.17, 15) is 0 Å². The number of hydrogen-bond acceptors (Lipinski definition) is 4. The van der Waals surface area contributed by atoms with Gasteiger partial charge in [0.25, 0.3) is 0 Å². The maximum atomic E-state index is 4.44. The zero-order valence-electron chi connectivity index (χ0n) is 7.41. The second-order valence-corrected chi connectivity index (χ2v) is 3.53. The Morgan fingerprint density at radius 2 is 2.38 bits per heavy atom. The summed E-state index contributed by atoms with van der Waals surface area (Å²) in [5, 5.41) is 4.18. The number of nitrogens with zero attached hydrogens (tertiary/aromatic N) is 2. The Balaban J connectivity index is 0.000000845. The molecule has 0 radical (unpaired) electrons. The highest BCUT2D eigenvalue weighted by atomic mass is 35.5. The molecule has 3 nitrogen and oxygen atoms in total. The summed E-state index contributed by atoms with van der Waals surface area (Å²) in [6.07, 6.45) is 4.97. The van der Waals surface area contributed by atoms with E-state index in [1.165, 1.54) is 11.3 Å². The van der Waals surface area contributed by atoms with Crippen molar-refractivity contribution < 1.29 is 0 Å². The molecule has 2 heterocycles. The Bertz CT molecular complexity index is 293. The van der Waals surface area contributed by atoms with E-state index in [0.29, 0.717) is 0 Å². The van der Waals surface area contributed by atoms with Crippen LogP contribution in [0.4, 0.5) is 0 Å². The van der Waals surface area contributed by atoms with Crippen LogP contribution in [0.2, 0.25) is 0 Å². The zero-order valence-corrected chi connectivity index (χ0v) is 9.04. The normalized spacial score (nSPS) is 14.5. The molecule has 13 heavy (non-hydrogen) atoms. The van der Waals surface area contributed by atoms with Crippen molar-refractivity contribution in [3.05, 3.63) is 17.5 Å².